The van der Waals surface area contributed by atoms with Gasteiger partial charge >= 0.3 is 6.18 Å². The summed E-state index contributed by atoms with van der Waals surface area (Å²) in [6.45, 7) is 2.73. The number of halogens is 4. The van der Waals surface area contributed by atoms with Crippen LogP contribution in [0.4, 0.5) is 23.5 Å². The van der Waals surface area contributed by atoms with Crippen LogP contribution in [0.3, 0.4) is 0 Å². The fourth-order valence-corrected chi connectivity index (χ4v) is 4.05. The second-order valence-corrected chi connectivity index (χ2v) is 8.12. The molecule has 1 fully saturated rings. The molecule has 0 unspecified atom stereocenters. The van der Waals surface area contributed by atoms with E-state index in [9.17, 15) is 22.4 Å². The van der Waals surface area contributed by atoms with Crippen molar-refractivity contribution in [3.05, 3.63) is 66.0 Å². The number of rotatable bonds is 5. The van der Waals surface area contributed by atoms with Crippen molar-refractivity contribution in [2.45, 2.75) is 32.0 Å². The van der Waals surface area contributed by atoms with Crippen LogP contribution in [0.15, 0.2) is 49.1 Å². The normalized spacial score (nSPS) is 18.6. The van der Waals surface area contributed by atoms with Crippen molar-refractivity contribution in [2.24, 2.45) is 5.92 Å². The first-order chi connectivity index (χ1) is 16.2. The van der Waals surface area contributed by atoms with Gasteiger partial charge in [-0.2, -0.15) is 13.2 Å². The van der Waals surface area contributed by atoms with Crippen molar-refractivity contribution >= 4 is 11.9 Å². The number of amides is 1. The lowest BCUT2D eigenvalue weighted by atomic mass is 9.89. The molecule has 1 aromatic carbocycles. The zero-order chi connectivity index (χ0) is 24.3. The largest absolute Gasteiger partial charge is 0.419 e. The summed E-state index contributed by atoms with van der Waals surface area (Å²) >= 11 is 0. The van der Waals surface area contributed by atoms with Gasteiger partial charge in [-0.3, -0.25) is 4.79 Å². The number of likely N-dealkylation sites (tertiary alicyclic amines) is 1. The van der Waals surface area contributed by atoms with Crippen LogP contribution in [-0.4, -0.2) is 49.9 Å². The summed E-state index contributed by atoms with van der Waals surface area (Å²) in [6.07, 6.45) is 1.61. The van der Waals surface area contributed by atoms with Crippen molar-refractivity contribution in [1.82, 2.24) is 24.8 Å². The highest BCUT2D eigenvalue weighted by molar-refractivity contribution is 6.00. The number of alkyl halides is 3. The van der Waals surface area contributed by atoms with Crippen LogP contribution in [0, 0.1) is 11.7 Å². The fourth-order valence-electron chi connectivity index (χ4n) is 4.05. The molecule has 1 aliphatic heterocycles. The van der Waals surface area contributed by atoms with E-state index in [2.05, 4.69) is 25.3 Å². The van der Waals surface area contributed by atoms with E-state index in [1.807, 2.05) is 6.92 Å². The van der Waals surface area contributed by atoms with E-state index in [0.29, 0.717) is 24.5 Å². The van der Waals surface area contributed by atoms with Crippen molar-refractivity contribution < 1.29 is 22.4 Å². The Morgan fingerprint density at radius 1 is 1.15 bits per heavy atom. The predicted molar refractivity (Wildman–Crippen MR) is 116 cm³/mol. The molecule has 4 rings (SSSR count). The lowest BCUT2D eigenvalue weighted by molar-refractivity contribution is -0.138. The molecular weight excluding hydrogens is 452 g/mol. The van der Waals surface area contributed by atoms with E-state index in [1.54, 1.807) is 11.0 Å². The molecule has 0 spiro atoms. The number of carbonyl (C=O) groups excluding carboxylic acids is 1. The highest BCUT2D eigenvalue weighted by atomic mass is 19.4. The average molecular weight is 474 g/mol. The van der Waals surface area contributed by atoms with Crippen LogP contribution in [0.1, 0.15) is 35.7 Å². The number of nitrogens with zero attached hydrogens (tertiary/aromatic N) is 5. The highest BCUT2D eigenvalue weighted by Crippen LogP contribution is 2.30. The Bertz CT molecular complexity index is 1140. The summed E-state index contributed by atoms with van der Waals surface area (Å²) < 4.78 is 52.3. The number of piperidine rings is 1. The Balaban J connectivity index is 1.56. The number of hydrogen-bond donors (Lipinski definition) is 1. The standard InChI is InChI=1S/C23H22F4N6O/c1-14-4-2-9-33(19(14)13-32-22-30-11-15(12-31-22)23(25,26)27)21(34)17-6-5-16(24)10-18(17)20-28-7-3-8-29-20/h3,5-8,10-12,14,19H,2,4,9,13H2,1H3,(H,30,31,32)/t14-,19-/m1/s1. The first kappa shape index (κ1) is 23.5. The number of aromatic nitrogens is 4. The molecule has 0 radical (unpaired) electrons. The Morgan fingerprint density at radius 2 is 1.85 bits per heavy atom. The number of hydrogen-bond acceptors (Lipinski definition) is 6. The molecule has 1 amide bonds. The van der Waals surface area contributed by atoms with Gasteiger partial charge in [0.25, 0.3) is 5.91 Å². The van der Waals surface area contributed by atoms with E-state index in [1.165, 1.54) is 30.6 Å². The third-order valence-corrected chi connectivity index (χ3v) is 5.84. The number of nitrogens with one attached hydrogen (secondary N) is 1. The Kier molecular flexibility index (Phi) is 6.71. The van der Waals surface area contributed by atoms with Gasteiger partial charge in [0.2, 0.25) is 5.95 Å². The third-order valence-electron chi connectivity index (χ3n) is 5.84. The van der Waals surface area contributed by atoms with Crippen LogP contribution in [-0.2, 0) is 6.18 Å². The van der Waals surface area contributed by atoms with Gasteiger partial charge in [0, 0.05) is 43.4 Å². The lowest BCUT2D eigenvalue weighted by Crippen LogP contribution is -2.51. The molecule has 11 heteroatoms. The minimum Gasteiger partial charge on any atom is -0.352 e. The predicted octanol–water partition coefficient (Wildman–Crippen LogP) is 4.44. The molecule has 1 N–H and O–H groups in total. The number of anilines is 1. The Labute approximate surface area is 193 Å². The van der Waals surface area contributed by atoms with Crippen molar-refractivity contribution in [1.29, 1.82) is 0 Å². The molecule has 7 nitrogen and oxygen atoms in total. The molecule has 3 heterocycles. The Hall–Kier alpha value is -3.63. The van der Waals surface area contributed by atoms with E-state index in [4.69, 9.17) is 0 Å². The van der Waals surface area contributed by atoms with Crippen LogP contribution < -0.4 is 5.32 Å². The molecule has 178 valence electrons. The minimum atomic E-state index is -4.52. The van der Waals surface area contributed by atoms with Gasteiger partial charge in [-0.15, -0.1) is 0 Å². The van der Waals surface area contributed by atoms with Crippen LogP contribution in [0.25, 0.3) is 11.4 Å². The minimum absolute atomic E-state index is 0.0401. The van der Waals surface area contributed by atoms with Gasteiger partial charge in [-0.1, -0.05) is 6.92 Å². The first-order valence-corrected chi connectivity index (χ1v) is 10.7. The smallest absolute Gasteiger partial charge is 0.352 e. The zero-order valence-electron chi connectivity index (χ0n) is 18.3. The van der Waals surface area contributed by atoms with E-state index in [0.717, 1.165) is 12.8 Å². The van der Waals surface area contributed by atoms with Gasteiger partial charge in [-0.25, -0.2) is 24.3 Å². The molecule has 34 heavy (non-hydrogen) atoms. The average Bonchev–Trinajstić information content (AvgIpc) is 2.83. The maximum Gasteiger partial charge on any atom is 0.419 e. The lowest BCUT2D eigenvalue weighted by Gasteiger charge is -2.40. The maximum absolute atomic E-state index is 14.0. The van der Waals surface area contributed by atoms with Gasteiger partial charge in [-0.05, 0) is 43.0 Å². The van der Waals surface area contributed by atoms with Crippen molar-refractivity contribution in [3.63, 3.8) is 0 Å². The SMILES string of the molecule is C[C@@H]1CCCN(C(=O)c2ccc(F)cc2-c2ncccn2)[C@@H]1CNc1ncc(C(F)(F)F)cn1. The molecule has 1 saturated heterocycles. The Morgan fingerprint density at radius 3 is 2.53 bits per heavy atom. The summed E-state index contributed by atoms with van der Waals surface area (Å²) in [5, 5.41) is 2.95. The fraction of sp³-hybridized carbons (Fsp3) is 0.348. The monoisotopic (exact) mass is 474 g/mol. The molecule has 2 atom stereocenters. The van der Waals surface area contributed by atoms with Gasteiger partial charge < -0.3 is 10.2 Å². The van der Waals surface area contributed by atoms with Gasteiger partial charge in [0.1, 0.15) is 5.82 Å². The first-order valence-electron chi connectivity index (χ1n) is 10.7. The number of benzene rings is 1. The number of carbonyl (C=O) groups is 1. The van der Waals surface area contributed by atoms with Crippen LogP contribution >= 0.6 is 0 Å². The van der Waals surface area contributed by atoms with Crippen LogP contribution in [0.5, 0.6) is 0 Å². The van der Waals surface area contributed by atoms with Crippen molar-refractivity contribution in [3.8, 4) is 11.4 Å². The molecule has 0 bridgehead atoms. The summed E-state index contributed by atoms with van der Waals surface area (Å²) in [6, 6.07) is 5.23. The molecule has 2 aromatic heterocycles. The quantitative estimate of drug-likeness (QED) is 0.551. The van der Waals surface area contributed by atoms with E-state index in [-0.39, 0.29) is 41.7 Å². The highest BCUT2D eigenvalue weighted by Gasteiger charge is 2.34. The molecular formula is C23H22F4N6O. The van der Waals surface area contributed by atoms with E-state index < -0.39 is 17.6 Å². The zero-order valence-corrected chi connectivity index (χ0v) is 18.3. The van der Waals surface area contributed by atoms with Gasteiger partial charge in [0.15, 0.2) is 5.82 Å². The topological polar surface area (TPSA) is 83.9 Å². The van der Waals surface area contributed by atoms with E-state index >= 15 is 0 Å². The summed E-state index contributed by atoms with van der Waals surface area (Å²) in [5.74, 6) is -0.420. The van der Waals surface area contributed by atoms with Crippen molar-refractivity contribution in [2.75, 3.05) is 18.4 Å². The molecule has 3 aromatic rings. The second kappa shape index (κ2) is 9.70. The molecule has 0 aliphatic carbocycles. The summed E-state index contributed by atoms with van der Waals surface area (Å²) in [5.41, 5.74) is -0.369. The summed E-state index contributed by atoms with van der Waals surface area (Å²) in [7, 11) is 0. The second-order valence-electron chi connectivity index (χ2n) is 8.12. The maximum atomic E-state index is 14.0. The van der Waals surface area contributed by atoms with Gasteiger partial charge in [0.05, 0.1) is 17.2 Å². The molecule has 1 aliphatic rings. The molecule has 0 saturated carbocycles. The van der Waals surface area contributed by atoms with Crippen LogP contribution in [0.2, 0.25) is 0 Å². The summed E-state index contributed by atoms with van der Waals surface area (Å²) in [4.78, 5) is 31.1. The third kappa shape index (κ3) is 5.13.